The van der Waals surface area contributed by atoms with Gasteiger partial charge in [-0.25, -0.2) is 0 Å². The molecule has 5 aromatic rings. The Labute approximate surface area is 228 Å². The predicted molar refractivity (Wildman–Crippen MR) is 163 cm³/mol. The molecule has 184 valence electrons. The van der Waals surface area contributed by atoms with Gasteiger partial charge in [-0.3, -0.25) is 0 Å². The molecular formula is C33H27Cl2OP. The topological polar surface area (TPSA) is 9.23 Å². The molecule has 0 unspecified atom stereocenters. The minimum absolute atomic E-state index is 0.674. The van der Waals surface area contributed by atoms with Crippen LogP contribution in [0.15, 0.2) is 146 Å². The van der Waals surface area contributed by atoms with E-state index in [4.69, 9.17) is 27.6 Å². The number of ether oxygens (including phenoxy) is 1. The molecule has 0 saturated heterocycles. The van der Waals surface area contributed by atoms with E-state index in [-0.39, 0.29) is 0 Å². The van der Waals surface area contributed by atoms with Crippen LogP contribution in [-0.4, -0.2) is 6.16 Å². The quantitative estimate of drug-likeness (QED) is 0.178. The molecule has 1 nitrogen and oxygen atoms in total. The van der Waals surface area contributed by atoms with Crippen LogP contribution in [0.1, 0.15) is 5.56 Å². The molecule has 0 bridgehead atoms. The number of rotatable bonds is 8. The number of hydrogen-bond donors (Lipinski definition) is 0. The summed E-state index contributed by atoms with van der Waals surface area (Å²) in [5.41, 5.74) is 1.04. The van der Waals surface area contributed by atoms with E-state index >= 15 is 0 Å². The van der Waals surface area contributed by atoms with Crippen LogP contribution >= 0.6 is 28.8 Å². The minimum atomic E-state index is -3.33. The van der Waals surface area contributed by atoms with Crippen molar-refractivity contribution in [3.05, 3.63) is 156 Å². The zero-order valence-corrected chi connectivity index (χ0v) is 22.7. The number of halogens is 2. The van der Waals surface area contributed by atoms with Crippen LogP contribution in [0.25, 0.3) is 6.08 Å². The van der Waals surface area contributed by atoms with Gasteiger partial charge in [0.15, 0.2) is 0 Å². The van der Waals surface area contributed by atoms with Gasteiger partial charge in [-0.2, -0.15) is 0 Å². The van der Waals surface area contributed by atoms with E-state index in [1.807, 2.05) is 60.7 Å². The Bertz CT molecular complexity index is 1390. The van der Waals surface area contributed by atoms with Gasteiger partial charge in [-0.1, -0.05) is 0 Å². The molecule has 37 heavy (non-hydrogen) atoms. The van der Waals surface area contributed by atoms with Crippen molar-refractivity contribution in [1.82, 2.24) is 0 Å². The summed E-state index contributed by atoms with van der Waals surface area (Å²) in [7, 11) is 0. The third-order valence-corrected chi connectivity index (χ3v) is 14.0. The van der Waals surface area contributed by atoms with Gasteiger partial charge in [0.25, 0.3) is 0 Å². The van der Waals surface area contributed by atoms with E-state index in [1.165, 1.54) is 0 Å². The van der Waals surface area contributed by atoms with E-state index < -0.39 is 5.96 Å². The molecule has 0 aliphatic heterocycles. The van der Waals surface area contributed by atoms with E-state index in [1.54, 1.807) is 0 Å². The third kappa shape index (κ3) is 5.22. The van der Waals surface area contributed by atoms with Gasteiger partial charge in [0.1, 0.15) is 0 Å². The Hall–Kier alpha value is -3.35. The Kier molecular flexibility index (Phi) is 7.49. The second kappa shape index (κ2) is 11.0. The first-order valence-corrected chi connectivity index (χ1v) is 15.9. The zero-order valence-electron chi connectivity index (χ0n) is 20.3. The van der Waals surface area contributed by atoms with Crippen molar-refractivity contribution < 1.29 is 4.74 Å². The molecule has 5 aromatic carbocycles. The van der Waals surface area contributed by atoms with Gasteiger partial charge in [0, 0.05) is 0 Å². The van der Waals surface area contributed by atoms with Crippen molar-refractivity contribution in [2.45, 2.75) is 0 Å². The van der Waals surface area contributed by atoms with Crippen molar-refractivity contribution >= 4 is 50.8 Å². The van der Waals surface area contributed by atoms with E-state index in [2.05, 4.69) is 91.0 Å². The summed E-state index contributed by atoms with van der Waals surface area (Å²) in [5, 5.41) is 4.13. The Morgan fingerprint density at radius 2 is 1.08 bits per heavy atom. The van der Waals surface area contributed by atoms with Crippen molar-refractivity contribution in [1.29, 1.82) is 0 Å². The third-order valence-electron chi connectivity index (χ3n) is 6.55. The van der Waals surface area contributed by atoms with E-state index in [0.717, 1.165) is 33.0 Å². The summed E-state index contributed by atoms with van der Waals surface area (Å²) in [6, 6.07) is 47.0. The monoisotopic (exact) mass is 540 g/mol. The maximum atomic E-state index is 8.14. The van der Waals surface area contributed by atoms with Crippen LogP contribution in [0, 0.1) is 0 Å². The molecule has 4 heteroatoms. The first-order valence-electron chi connectivity index (χ1n) is 12.2. The average Bonchev–Trinajstić information content (AvgIpc) is 2.96. The van der Waals surface area contributed by atoms with E-state index in [9.17, 15) is 0 Å². The van der Waals surface area contributed by atoms with Crippen molar-refractivity contribution in [2.75, 3.05) is 6.16 Å². The molecule has 0 aliphatic carbocycles. The molecule has 5 rings (SSSR count). The van der Waals surface area contributed by atoms with Gasteiger partial charge in [-0.05, 0) is 0 Å². The van der Waals surface area contributed by atoms with Gasteiger partial charge in [-0.15, -0.1) is 0 Å². The number of hydrogen-bond acceptors (Lipinski definition) is 1. The average molecular weight is 541 g/mol. The standard InChI is InChI=1S/C33H27Cl2OP/c34-28-21-23-29(24-22-28)36-30-14-10-12-27(26-30)13-11-25-37(35,31-15-4-1-5-16-31,32-17-6-2-7-18-32)33-19-8-3-9-20-33/h1-24,26H,25H2. The zero-order chi connectivity index (χ0) is 25.6. The molecule has 0 fully saturated rings. The van der Waals surface area contributed by atoms with Crippen molar-refractivity contribution in [2.24, 2.45) is 0 Å². The summed E-state index contributed by atoms with van der Waals surface area (Å²) < 4.78 is 6.04. The molecule has 0 amide bonds. The Morgan fingerprint density at radius 3 is 1.59 bits per heavy atom. The van der Waals surface area contributed by atoms with Crippen LogP contribution in [0.5, 0.6) is 11.5 Å². The second-order valence-corrected chi connectivity index (χ2v) is 15.9. The van der Waals surface area contributed by atoms with Crippen LogP contribution < -0.4 is 20.7 Å². The Morgan fingerprint density at radius 1 is 0.568 bits per heavy atom. The van der Waals surface area contributed by atoms with Crippen LogP contribution in [0.3, 0.4) is 0 Å². The molecule has 0 spiro atoms. The van der Waals surface area contributed by atoms with E-state index in [0.29, 0.717) is 11.2 Å². The van der Waals surface area contributed by atoms with Crippen LogP contribution in [0.4, 0.5) is 0 Å². The summed E-state index contributed by atoms with van der Waals surface area (Å²) in [6.45, 7) is 0. The summed E-state index contributed by atoms with van der Waals surface area (Å²) in [5.74, 6) is -1.82. The molecule has 0 aromatic heterocycles. The second-order valence-electron chi connectivity index (χ2n) is 8.90. The Balaban J connectivity index is 1.54. The summed E-state index contributed by atoms with van der Waals surface area (Å²) >= 11 is 14.1. The SMILES string of the molecule is Clc1ccc(Oc2cccc(C=CCP(Cl)(c3ccccc3)(c3ccccc3)c3ccccc3)c2)cc1. The summed E-state index contributed by atoms with van der Waals surface area (Å²) in [6.07, 6.45) is 5.01. The van der Waals surface area contributed by atoms with Gasteiger partial charge in [0.05, 0.1) is 0 Å². The van der Waals surface area contributed by atoms with Crippen molar-refractivity contribution in [3.8, 4) is 11.5 Å². The van der Waals surface area contributed by atoms with Gasteiger partial charge < -0.3 is 0 Å². The first kappa shape index (κ1) is 25.3. The number of allylic oxidation sites excluding steroid dienone is 1. The molecule has 0 radical (unpaired) electrons. The predicted octanol–water partition coefficient (Wildman–Crippen LogP) is 8.83. The van der Waals surface area contributed by atoms with Gasteiger partial charge >= 0.3 is 229 Å². The molecule has 0 N–H and O–H groups in total. The molecular weight excluding hydrogens is 514 g/mol. The fraction of sp³-hybridized carbons (Fsp3) is 0.0303. The fourth-order valence-electron chi connectivity index (χ4n) is 4.69. The summed E-state index contributed by atoms with van der Waals surface area (Å²) in [4.78, 5) is 0. The number of benzene rings is 5. The fourth-order valence-corrected chi connectivity index (χ4v) is 10.5. The maximum absolute atomic E-state index is 8.14. The van der Waals surface area contributed by atoms with Crippen LogP contribution in [-0.2, 0) is 0 Å². The first-order chi connectivity index (χ1) is 18.1. The molecule has 0 atom stereocenters. The normalized spacial score (nSPS) is 12.6. The molecule has 0 aliphatic rings. The van der Waals surface area contributed by atoms with Crippen molar-refractivity contribution in [3.63, 3.8) is 0 Å². The molecule has 0 saturated carbocycles. The van der Waals surface area contributed by atoms with Crippen LogP contribution in [0.2, 0.25) is 5.02 Å². The van der Waals surface area contributed by atoms with Gasteiger partial charge in [0.2, 0.25) is 0 Å². The molecule has 0 heterocycles.